The number of halogens is 3. The van der Waals surface area contributed by atoms with Gasteiger partial charge in [0.2, 0.25) is 5.71 Å². The van der Waals surface area contributed by atoms with E-state index in [0.29, 0.717) is 11.3 Å². The number of benzene rings is 1. The first-order valence-corrected chi connectivity index (χ1v) is 7.08. The lowest BCUT2D eigenvalue weighted by atomic mass is 10.0. The predicted molar refractivity (Wildman–Crippen MR) is 83.0 cm³/mol. The molecule has 0 spiro atoms. The van der Waals surface area contributed by atoms with Gasteiger partial charge in [0.05, 0.1) is 23.8 Å². The summed E-state index contributed by atoms with van der Waals surface area (Å²) in [6, 6.07) is 7.48. The zero-order valence-electron chi connectivity index (χ0n) is 12.7. The van der Waals surface area contributed by atoms with E-state index in [4.69, 9.17) is 19.4 Å². The van der Waals surface area contributed by atoms with Crippen molar-refractivity contribution < 1.29 is 26.8 Å². The van der Waals surface area contributed by atoms with Gasteiger partial charge >= 0.3 is 12.0 Å². The number of nitrogen functional groups attached to an aromatic ring is 1. The zero-order chi connectivity index (χ0) is 17.8. The summed E-state index contributed by atoms with van der Waals surface area (Å²) in [7, 11) is 1.47. The van der Waals surface area contributed by atoms with Crippen molar-refractivity contribution in [3.05, 3.63) is 35.9 Å². The molecule has 0 fully saturated rings. The summed E-state index contributed by atoms with van der Waals surface area (Å²) in [5.41, 5.74) is 4.99. The summed E-state index contributed by atoms with van der Waals surface area (Å²) in [5.74, 6) is 0.109. The van der Waals surface area contributed by atoms with E-state index in [9.17, 15) is 13.2 Å². The Morgan fingerprint density at radius 3 is 2.68 bits per heavy atom. The average molecular weight is 349 g/mol. The van der Waals surface area contributed by atoms with Crippen LogP contribution in [0.25, 0.3) is 33.5 Å². The number of rotatable bonds is 2. The fourth-order valence-corrected chi connectivity index (χ4v) is 2.67. The van der Waals surface area contributed by atoms with Crippen LogP contribution in [0.4, 0.5) is 19.0 Å². The lowest BCUT2D eigenvalue weighted by Gasteiger charge is -2.10. The number of methoxy groups -OCH3 is 1. The number of aromatic nitrogens is 2. The number of ether oxygens (including phenoxy) is 1. The molecule has 2 N–H and O–H groups in total. The Morgan fingerprint density at radius 1 is 1.16 bits per heavy atom. The molecule has 0 amide bonds. The van der Waals surface area contributed by atoms with Crippen LogP contribution >= 0.6 is 0 Å². The molecule has 0 unspecified atom stereocenters. The molecule has 6 nitrogen and oxygen atoms in total. The molecule has 1 aromatic carbocycles. The SMILES string of the molecule is COc1cccc(-c2cc(C(F)(F)F)c3c(n2)oc2onc(N)c23)c1. The maximum absolute atomic E-state index is 13.6. The van der Waals surface area contributed by atoms with Crippen molar-refractivity contribution >= 4 is 28.1 Å². The Bertz CT molecular complexity index is 1100. The van der Waals surface area contributed by atoms with E-state index < -0.39 is 11.7 Å². The van der Waals surface area contributed by atoms with E-state index in [2.05, 4.69) is 10.1 Å². The number of nitrogens with two attached hydrogens (primary N) is 1. The van der Waals surface area contributed by atoms with Crippen molar-refractivity contribution in [1.29, 1.82) is 0 Å². The Hall–Kier alpha value is -3.23. The summed E-state index contributed by atoms with van der Waals surface area (Å²) in [6.07, 6.45) is -4.64. The molecule has 0 aliphatic heterocycles. The van der Waals surface area contributed by atoms with Crippen LogP contribution in [0, 0.1) is 0 Å². The van der Waals surface area contributed by atoms with Crippen LogP contribution in [-0.4, -0.2) is 17.3 Å². The normalized spacial score (nSPS) is 12.2. The molecule has 128 valence electrons. The van der Waals surface area contributed by atoms with E-state index in [1.54, 1.807) is 24.3 Å². The van der Waals surface area contributed by atoms with Crippen molar-refractivity contribution in [3.8, 4) is 17.0 Å². The van der Waals surface area contributed by atoms with Gasteiger partial charge in [-0.3, -0.25) is 0 Å². The van der Waals surface area contributed by atoms with Gasteiger partial charge < -0.3 is 19.4 Å². The molecule has 3 heterocycles. The lowest BCUT2D eigenvalue weighted by molar-refractivity contribution is -0.136. The fourth-order valence-electron chi connectivity index (χ4n) is 2.67. The molecule has 0 saturated heterocycles. The van der Waals surface area contributed by atoms with Gasteiger partial charge in [-0.15, -0.1) is 0 Å². The Labute approximate surface area is 138 Å². The second-order valence-electron chi connectivity index (χ2n) is 5.30. The first-order chi connectivity index (χ1) is 11.9. The molecule has 9 heteroatoms. The minimum absolute atomic E-state index is 0.0352. The molecule has 0 aliphatic rings. The summed E-state index contributed by atoms with van der Waals surface area (Å²) in [4.78, 5) is 4.18. The smallest absolute Gasteiger partial charge is 0.417 e. The molecular weight excluding hydrogens is 339 g/mol. The molecule has 0 bridgehead atoms. The Kier molecular flexibility index (Phi) is 3.14. The molecule has 25 heavy (non-hydrogen) atoms. The molecule has 4 aromatic rings. The number of alkyl halides is 3. The van der Waals surface area contributed by atoms with Gasteiger partial charge in [0, 0.05) is 5.56 Å². The van der Waals surface area contributed by atoms with E-state index in [1.807, 2.05) is 0 Å². The number of furan rings is 1. The molecule has 0 aliphatic carbocycles. The molecule has 0 atom stereocenters. The summed E-state index contributed by atoms with van der Waals surface area (Å²) in [6.45, 7) is 0. The highest BCUT2D eigenvalue weighted by Crippen LogP contribution is 2.42. The zero-order valence-corrected chi connectivity index (χ0v) is 12.7. The lowest BCUT2D eigenvalue weighted by Crippen LogP contribution is -2.07. The van der Waals surface area contributed by atoms with Crippen LogP contribution in [0.5, 0.6) is 5.75 Å². The van der Waals surface area contributed by atoms with Crippen LogP contribution < -0.4 is 10.5 Å². The highest BCUT2D eigenvalue weighted by atomic mass is 19.4. The number of fused-ring (bicyclic) bond motifs is 3. The third-order valence-electron chi connectivity index (χ3n) is 3.78. The Morgan fingerprint density at radius 2 is 1.96 bits per heavy atom. The summed E-state index contributed by atoms with van der Waals surface area (Å²) in [5, 5.41) is 3.12. The van der Waals surface area contributed by atoms with Gasteiger partial charge in [0.15, 0.2) is 5.82 Å². The third kappa shape index (κ3) is 2.35. The molecular formula is C16H10F3N3O3. The van der Waals surface area contributed by atoms with Crippen LogP contribution in [-0.2, 0) is 6.18 Å². The minimum atomic E-state index is -4.64. The summed E-state index contributed by atoms with van der Waals surface area (Å²) >= 11 is 0. The molecule has 4 rings (SSSR count). The van der Waals surface area contributed by atoms with Crippen molar-refractivity contribution in [2.75, 3.05) is 12.8 Å². The molecule has 3 aromatic heterocycles. The van der Waals surface area contributed by atoms with Crippen molar-refractivity contribution in [1.82, 2.24) is 10.1 Å². The second-order valence-corrected chi connectivity index (χ2v) is 5.30. The molecule has 0 saturated carbocycles. The van der Waals surface area contributed by atoms with Crippen LogP contribution in [0.2, 0.25) is 0 Å². The minimum Gasteiger partial charge on any atom is -0.497 e. The number of nitrogens with zero attached hydrogens (tertiary/aromatic N) is 2. The second kappa shape index (κ2) is 5.13. The first kappa shape index (κ1) is 15.3. The molecule has 0 radical (unpaired) electrons. The number of hydrogen-bond acceptors (Lipinski definition) is 6. The number of anilines is 1. The highest BCUT2D eigenvalue weighted by molar-refractivity contribution is 6.09. The topological polar surface area (TPSA) is 87.3 Å². The van der Waals surface area contributed by atoms with Crippen LogP contribution in [0.3, 0.4) is 0 Å². The average Bonchev–Trinajstić information content (AvgIpc) is 3.12. The van der Waals surface area contributed by atoms with Crippen molar-refractivity contribution in [2.45, 2.75) is 6.18 Å². The third-order valence-corrected chi connectivity index (χ3v) is 3.78. The number of pyridine rings is 1. The van der Waals surface area contributed by atoms with Crippen LogP contribution in [0.15, 0.2) is 39.3 Å². The van der Waals surface area contributed by atoms with Crippen molar-refractivity contribution in [2.24, 2.45) is 0 Å². The van der Waals surface area contributed by atoms with E-state index >= 15 is 0 Å². The fraction of sp³-hybridized carbons (Fsp3) is 0.125. The van der Waals surface area contributed by atoms with E-state index in [1.165, 1.54) is 7.11 Å². The van der Waals surface area contributed by atoms with Crippen molar-refractivity contribution in [3.63, 3.8) is 0 Å². The summed E-state index contributed by atoms with van der Waals surface area (Å²) < 4.78 is 56.0. The van der Waals surface area contributed by atoms with Gasteiger partial charge in [-0.2, -0.15) is 13.2 Å². The predicted octanol–water partition coefficient (Wildman–Crippen LogP) is 4.25. The van der Waals surface area contributed by atoms with E-state index in [-0.39, 0.29) is 33.8 Å². The quantitative estimate of drug-likeness (QED) is 0.582. The van der Waals surface area contributed by atoms with E-state index in [0.717, 1.165) is 6.07 Å². The maximum Gasteiger partial charge on any atom is 0.417 e. The highest BCUT2D eigenvalue weighted by Gasteiger charge is 2.37. The van der Waals surface area contributed by atoms with Gasteiger partial charge in [-0.05, 0) is 18.2 Å². The maximum atomic E-state index is 13.6. The van der Waals surface area contributed by atoms with Gasteiger partial charge in [0.1, 0.15) is 11.1 Å². The van der Waals surface area contributed by atoms with Gasteiger partial charge in [-0.25, -0.2) is 4.98 Å². The van der Waals surface area contributed by atoms with Gasteiger partial charge in [-0.1, -0.05) is 17.3 Å². The standard InChI is InChI=1S/C16H10F3N3O3/c1-23-8-4-2-3-7(5-8)10-6-9(16(17,18)19)11-12-13(20)22-25-15(12)24-14(11)21-10/h2-6H,1H3,(H2,20,22). The van der Waals surface area contributed by atoms with Gasteiger partial charge in [0.25, 0.3) is 0 Å². The number of hydrogen-bond donors (Lipinski definition) is 1. The first-order valence-electron chi connectivity index (χ1n) is 7.08. The monoisotopic (exact) mass is 349 g/mol. The Balaban J connectivity index is 2.06. The van der Waals surface area contributed by atoms with Crippen LogP contribution in [0.1, 0.15) is 5.56 Å². The largest absolute Gasteiger partial charge is 0.497 e.